The fourth-order valence-corrected chi connectivity index (χ4v) is 5.82. The molecule has 2 aromatic heterocycles. The highest BCUT2D eigenvalue weighted by Gasteiger charge is 2.21. The second-order valence-corrected chi connectivity index (χ2v) is 8.93. The Bertz CT molecular complexity index is 940. The van der Waals surface area contributed by atoms with Crippen LogP contribution in [0.1, 0.15) is 23.3 Å². The molecule has 0 unspecified atom stereocenters. The number of rotatable bonds is 5. The number of hydrogen-bond donors (Lipinski definition) is 1. The molecule has 134 valence electrons. The third kappa shape index (κ3) is 3.75. The predicted octanol–water partition coefficient (Wildman–Crippen LogP) is 5.02. The van der Waals surface area contributed by atoms with Gasteiger partial charge >= 0.3 is 0 Å². The molecule has 1 amide bonds. The normalized spacial score (nSPS) is 13.6. The summed E-state index contributed by atoms with van der Waals surface area (Å²) in [7, 11) is 0. The zero-order valence-electron chi connectivity index (χ0n) is 14.4. The van der Waals surface area contributed by atoms with Crippen molar-refractivity contribution in [3.8, 4) is 0 Å². The van der Waals surface area contributed by atoms with Gasteiger partial charge in [0.25, 0.3) is 0 Å². The van der Waals surface area contributed by atoms with Crippen molar-refractivity contribution in [2.45, 2.75) is 35.9 Å². The Hall–Kier alpha value is -1.57. The van der Waals surface area contributed by atoms with Gasteiger partial charge in [-0.05, 0) is 49.6 Å². The fourth-order valence-electron chi connectivity index (χ4n) is 3.15. The van der Waals surface area contributed by atoms with E-state index in [1.165, 1.54) is 40.4 Å². The number of fused-ring (bicyclic) bond motifs is 3. The molecule has 1 aliphatic rings. The molecule has 1 aromatic carbocycles. The molecule has 4 nitrogen and oxygen atoms in total. The van der Waals surface area contributed by atoms with Gasteiger partial charge in [0.2, 0.25) is 5.91 Å². The molecular weight excluding hydrogens is 382 g/mol. The Morgan fingerprint density at radius 1 is 1.19 bits per heavy atom. The molecule has 0 radical (unpaired) electrons. The van der Waals surface area contributed by atoms with Gasteiger partial charge in [0.1, 0.15) is 9.86 Å². The maximum absolute atomic E-state index is 12.3. The van der Waals surface area contributed by atoms with Crippen molar-refractivity contribution in [2.75, 3.05) is 17.3 Å². The number of carbonyl (C=O) groups excluding carboxylic acids is 1. The van der Waals surface area contributed by atoms with Crippen LogP contribution in [0.5, 0.6) is 0 Å². The highest BCUT2D eigenvalue weighted by molar-refractivity contribution is 8.00. The highest BCUT2D eigenvalue weighted by atomic mass is 32.2. The second kappa shape index (κ2) is 7.98. The molecule has 3 aromatic rings. The van der Waals surface area contributed by atoms with Crippen molar-refractivity contribution in [1.82, 2.24) is 9.97 Å². The van der Waals surface area contributed by atoms with E-state index in [9.17, 15) is 4.79 Å². The summed E-state index contributed by atoms with van der Waals surface area (Å²) in [5.74, 6) is 0.335. The van der Waals surface area contributed by atoms with Crippen molar-refractivity contribution in [1.29, 1.82) is 0 Å². The standard InChI is InChI=1S/C19H19N3OS3/c1-24-19-21-17(25-11-15(23)20-12-7-3-2-4-8-12)16-13-9-5-6-10-14(13)26-18(16)22-19/h2-4,7-8H,5-6,9-11H2,1H3,(H,20,23). The third-order valence-electron chi connectivity index (χ3n) is 4.34. The summed E-state index contributed by atoms with van der Waals surface area (Å²) < 4.78 is 0. The van der Waals surface area contributed by atoms with Crippen LogP contribution in [0, 0.1) is 0 Å². The first-order valence-electron chi connectivity index (χ1n) is 8.58. The first-order chi connectivity index (χ1) is 12.7. The molecule has 1 aliphatic carbocycles. The minimum absolute atomic E-state index is 0.0113. The molecule has 0 atom stereocenters. The average Bonchev–Trinajstić information content (AvgIpc) is 3.05. The minimum Gasteiger partial charge on any atom is -0.325 e. The lowest BCUT2D eigenvalue weighted by atomic mass is 9.97. The zero-order chi connectivity index (χ0) is 17.9. The molecule has 0 saturated carbocycles. The van der Waals surface area contributed by atoms with Gasteiger partial charge in [-0.15, -0.1) is 11.3 Å². The number of para-hydroxylation sites is 1. The van der Waals surface area contributed by atoms with Crippen LogP contribution < -0.4 is 5.32 Å². The van der Waals surface area contributed by atoms with Gasteiger partial charge < -0.3 is 5.32 Å². The van der Waals surface area contributed by atoms with Crippen molar-refractivity contribution in [3.63, 3.8) is 0 Å². The molecule has 0 bridgehead atoms. The summed E-state index contributed by atoms with van der Waals surface area (Å²) in [6, 6.07) is 9.56. The lowest BCUT2D eigenvalue weighted by molar-refractivity contribution is -0.113. The number of thiophene rings is 1. The van der Waals surface area contributed by atoms with E-state index in [-0.39, 0.29) is 5.91 Å². The molecule has 0 spiro atoms. The number of nitrogens with one attached hydrogen (secondary N) is 1. The number of amides is 1. The third-order valence-corrected chi connectivity index (χ3v) is 7.05. The van der Waals surface area contributed by atoms with Crippen LogP contribution in [0.25, 0.3) is 10.2 Å². The maximum atomic E-state index is 12.3. The molecule has 0 fully saturated rings. The summed E-state index contributed by atoms with van der Waals surface area (Å²) in [5, 5.41) is 5.85. The van der Waals surface area contributed by atoms with Gasteiger partial charge in [-0.3, -0.25) is 4.79 Å². The van der Waals surface area contributed by atoms with Gasteiger partial charge in [-0.25, -0.2) is 9.97 Å². The van der Waals surface area contributed by atoms with Crippen LogP contribution in [-0.4, -0.2) is 27.9 Å². The molecule has 4 rings (SSSR count). The van der Waals surface area contributed by atoms with E-state index in [4.69, 9.17) is 9.97 Å². The topological polar surface area (TPSA) is 54.9 Å². The van der Waals surface area contributed by atoms with Gasteiger partial charge in [-0.1, -0.05) is 41.7 Å². The minimum atomic E-state index is -0.0113. The van der Waals surface area contributed by atoms with Crippen molar-refractivity contribution >= 4 is 56.7 Å². The van der Waals surface area contributed by atoms with Crippen LogP contribution in [-0.2, 0) is 17.6 Å². The SMILES string of the molecule is CSc1nc(SCC(=O)Nc2ccccc2)c2c3c(sc2n1)CCCC3. The first-order valence-corrected chi connectivity index (χ1v) is 11.6. The first kappa shape index (κ1) is 17.8. The van der Waals surface area contributed by atoms with E-state index >= 15 is 0 Å². The predicted molar refractivity (Wildman–Crippen MR) is 112 cm³/mol. The number of nitrogens with zero attached hydrogens (tertiary/aromatic N) is 2. The Morgan fingerprint density at radius 3 is 2.81 bits per heavy atom. The Kier molecular flexibility index (Phi) is 5.47. The molecule has 7 heteroatoms. The molecule has 1 N–H and O–H groups in total. The van der Waals surface area contributed by atoms with Gasteiger partial charge in [0.05, 0.1) is 5.75 Å². The number of thioether (sulfide) groups is 2. The van der Waals surface area contributed by atoms with Crippen LogP contribution in [0.2, 0.25) is 0 Å². The summed E-state index contributed by atoms with van der Waals surface area (Å²) in [5.41, 5.74) is 2.23. The molecule has 0 saturated heterocycles. The van der Waals surface area contributed by atoms with Crippen LogP contribution in [0.4, 0.5) is 5.69 Å². The Balaban J connectivity index is 1.58. The second-order valence-electron chi connectivity index (χ2n) is 6.11. The largest absolute Gasteiger partial charge is 0.325 e. The van der Waals surface area contributed by atoms with Gasteiger partial charge in [-0.2, -0.15) is 0 Å². The smallest absolute Gasteiger partial charge is 0.234 e. The molecule has 2 heterocycles. The lowest BCUT2D eigenvalue weighted by Gasteiger charge is -2.12. The fraction of sp³-hybridized carbons (Fsp3) is 0.316. The van der Waals surface area contributed by atoms with E-state index in [1.54, 1.807) is 23.1 Å². The van der Waals surface area contributed by atoms with E-state index in [0.29, 0.717) is 5.75 Å². The van der Waals surface area contributed by atoms with Crippen molar-refractivity contribution < 1.29 is 4.79 Å². The van der Waals surface area contributed by atoms with E-state index in [0.717, 1.165) is 33.5 Å². The van der Waals surface area contributed by atoms with E-state index < -0.39 is 0 Å². The van der Waals surface area contributed by atoms with Crippen molar-refractivity contribution in [2.24, 2.45) is 0 Å². The van der Waals surface area contributed by atoms with Crippen LogP contribution in [0.15, 0.2) is 40.5 Å². The van der Waals surface area contributed by atoms with E-state index in [1.807, 2.05) is 36.6 Å². The summed E-state index contributed by atoms with van der Waals surface area (Å²) in [4.78, 5) is 24.3. The highest BCUT2D eigenvalue weighted by Crippen LogP contribution is 2.40. The van der Waals surface area contributed by atoms with Gasteiger partial charge in [0, 0.05) is 16.0 Å². The Morgan fingerprint density at radius 2 is 2.00 bits per heavy atom. The zero-order valence-corrected chi connectivity index (χ0v) is 16.9. The van der Waals surface area contributed by atoms with Gasteiger partial charge in [0.15, 0.2) is 5.16 Å². The summed E-state index contributed by atoms with van der Waals surface area (Å²) in [6.07, 6.45) is 6.71. The number of anilines is 1. The molecule has 0 aliphatic heterocycles. The lowest BCUT2D eigenvalue weighted by Crippen LogP contribution is -2.14. The average molecular weight is 402 g/mol. The summed E-state index contributed by atoms with van der Waals surface area (Å²) in [6.45, 7) is 0. The maximum Gasteiger partial charge on any atom is 0.234 e. The number of aromatic nitrogens is 2. The van der Waals surface area contributed by atoms with Crippen LogP contribution >= 0.6 is 34.9 Å². The summed E-state index contributed by atoms with van der Waals surface area (Å²) >= 11 is 4.87. The van der Waals surface area contributed by atoms with E-state index in [2.05, 4.69) is 5.32 Å². The quantitative estimate of drug-likeness (QED) is 0.369. The molecule has 26 heavy (non-hydrogen) atoms. The van der Waals surface area contributed by atoms with Crippen LogP contribution in [0.3, 0.4) is 0 Å². The number of hydrogen-bond acceptors (Lipinski definition) is 6. The molecular formula is C19H19N3OS3. The number of benzene rings is 1. The Labute approximate surface area is 165 Å². The monoisotopic (exact) mass is 401 g/mol. The number of aryl methyl sites for hydroxylation is 2. The van der Waals surface area contributed by atoms with Crippen molar-refractivity contribution in [3.05, 3.63) is 40.8 Å². The number of carbonyl (C=O) groups is 1.